The molecule has 1 heterocycles. The van der Waals surface area contributed by atoms with Crippen LogP contribution in [0, 0.1) is 0 Å². The number of primary amides is 1. The highest BCUT2D eigenvalue weighted by atomic mass is 16.5. The normalized spacial score (nSPS) is 22.8. The lowest BCUT2D eigenvalue weighted by Gasteiger charge is -2.21. The number of hydrogen-bond donors (Lipinski definition) is 2. The van der Waals surface area contributed by atoms with E-state index < -0.39 is 0 Å². The third-order valence-electron chi connectivity index (χ3n) is 2.22. The Morgan fingerprint density at radius 1 is 1.79 bits per heavy atom. The minimum atomic E-state index is -0.269. The third-order valence-corrected chi connectivity index (χ3v) is 2.22. The fourth-order valence-electron chi connectivity index (χ4n) is 1.44. The van der Waals surface area contributed by atoms with Crippen molar-refractivity contribution < 1.29 is 9.53 Å². The lowest BCUT2D eigenvalue weighted by atomic mass is 10.1. The highest BCUT2D eigenvalue weighted by Gasteiger charge is 2.12. The van der Waals surface area contributed by atoms with Crippen molar-refractivity contribution in [2.45, 2.75) is 38.3 Å². The summed E-state index contributed by atoms with van der Waals surface area (Å²) in [5, 5.41) is 3.22. The van der Waals surface area contributed by atoms with Crippen molar-refractivity contribution in [2.75, 3.05) is 6.54 Å². The quantitative estimate of drug-likeness (QED) is 0.677. The summed E-state index contributed by atoms with van der Waals surface area (Å²) >= 11 is 0. The van der Waals surface area contributed by atoms with E-state index in [2.05, 4.69) is 5.32 Å². The fraction of sp³-hybridized carbons (Fsp3) is 0.700. The summed E-state index contributed by atoms with van der Waals surface area (Å²) in [4.78, 5) is 10.6. The van der Waals surface area contributed by atoms with E-state index in [4.69, 9.17) is 10.5 Å². The van der Waals surface area contributed by atoms with Crippen LogP contribution in [0.25, 0.3) is 0 Å². The molecular formula is C10H18N2O2. The molecular weight excluding hydrogens is 180 g/mol. The number of nitrogens with two attached hydrogens (primary N) is 1. The van der Waals surface area contributed by atoms with Gasteiger partial charge in [0.05, 0.1) is 6.26 Å². The largest absolute Gasteiger partial charge is 0.497 e. The van der Waals surface area contributed by atoms with Gasteiger partial charge in [-0.2, -0.15) is 0 Å². The van der Waals surface area contributed by atoms with E-state index >= 15 is 0 Å². The van der Waals surface area contributed by atoms with E-state index in [-0.39, 0.29) is 18.1 Å². The molecule has 0 fully saturated rings. The van der Waals surface area contributed by atoms with Crippen molar-refractivity contribution >= 4 is 5.91 Å². The number of amides is 1. The average molecular weight is 198 g/mol. The number of ether oxygens (including phenoxy) is 1. The van der Waals surface area contributed by atoms with E-state index in [0.29, 0.717) is 6.42 Å². The zero-order valence-electron chi connectivity index (χ0n) is 8.53. The molecule has 1 aliphatic rings. The van der Waals surface area contributed by atoms with E-state index in [1.165, 1.54) is 0 Å². The maximum absolute atomic E-state index is 10.6. The van der Waals surface area contributed by atoms with E-state index in [0.717, 1.165) is 19.4 Å². The zero-order chi connectivity index (χ0) is 10.4. The Kier molecular flexibility index (Phi) is 4.46. The summed E-state index contributed by atoms with van der Waals surface area (Å²) < 4.78 is 5.37. The van der Waals surface area contributed by atoms with Crippen LogP contribution in [0.5, 0.6) is 0 Å². The van der Waals surface area contributed by atoms with Gasteiger partial charge < -0.3 is 15.8 Å². The van der Waals surface area contributed by atoms with Crippen molar-refractivity contribution in [3.05, 3.63) is 12.3 Å². The summed E-state index contributed by atoms with van der Waals surface area (Å²) in [5.74, 6) is -0.269. The van der Waals surface area contributed by atoms with Gasteiger partial charge in [-0.1, -0.05) is 0 Å². The average Bonchev–Trinajstić information content (AvgIpc) is 2.15. The fourth-order valence-corrected chi connectivity index (χ4v) is 1.44. The van der Waals surface area contributed by atoms with Crippen LogP contribution in [0.4, 0.5) is 0 Å². The number of carbonyl (C=O) groups is 1. The molecule has 0 saturated carbocycles. The monoisotopic (exact) mass is 198 g/mol. The minimum Gasteiger partial charge on any atom is -0.497 e. The predicted octanol–water partition coefficient (Wildman–Crippen LogP) is 0.533. The van der Waals surface area contributed by atoms with Crippen LogP contribution in [0.1, 0.15) is 26.2 Å². The second kappa shape index (κ2) is 5.65. The molecule has 0 aromatic carbocycles. The molecule has 2 atom stereocenters. The molecule has 2 unspecified atom stereocenters. The van der Waals surface area contributed by atoms with Gasteiger partial charge in [0.2, 0.25) is 5.91 Å². The number of hydrogen-bond acceptors (Lipinski definition) is 3. The Morgan fingerprint density at radius 3 is 3.14 bits per heavy atom. The smallest absolute Gasteiger partial charge is 0.218 e. The molecule has 0 aromatic heterocycles. The van der Waals surface area contributed by atoms with E-state index in [9.17, 15) is 4.79 Å². The molecule has 3 N–H and O–H groups in total. The van der Waals surface area contributed by atoms with Gasteiger partial charge in [-0.3, -0.25) is 4.79 Å². The molecule has 14 heavy (non-hydrogen) atoms. The lowest BCUT2D eigenvalue weighted by Crippen LogP contribution is -2.37. The van der Waals surface area contributed by atoms with Crippen molar-refractivity contribution in [3.8, 4) is 0 Å². The third kappa shape index (κ3) is 4.28. The maximum atomic E-state index is 10.6. The van der Waals surface area contributed by atoms with Crippen LogP contribution in [0.15, 0.2) is 12.3 Å². The number of carbonyl (C=O) groups excluding carboxylic acids is 1. The van der Waals surface area contributed by atoms with Gasteiger partial charge in [0.15, 0.2) is 0 Å². The van der Waals surface area contributed by atoms with Crippen molar-refractivity contribution in [2.24, 2.45) is 5.73 Å². The van der Waals surface area contributed by atoms with Crippen LogP contribution in [0.2, 0.25) is 0 Å². The van der Waals surface area contributed by atoms with Crippen LogP contribution in [-0.4, -0.2) is 24.6 Å². The maximum Gasteiger partial charge on any atom is 0.218 e. The molecule has 4 nitrogen and oxygen atoms in total. The van der Waals surface area contributed by atoms with Gasteiger partial charge in [0.1, 0.15) is 6.10 Å². The Bertz CT molecular complexity index is 216. The molecule has 4 heteroatoms. The van der Waals surface area contributed by atoms with E-state index in [1.54, 1.807) is 6.26 Å². The molecule has 80 valence electrons. The first kappa shape index (κ1) is 11.0. The molecule has 0 aromatic rings. The Morgan fingerprint density at radius 2 is 2.57 bits per heavy atom. The molecule has 1 amide bonds. The minimum absolute atomic E-state index is 0.127. The zero-order valence-corrected chi connectivity index (χ0v) is 8.53. The molecule has 1 rings (SSSR count). The second-order valence-electron chi connectivity index (χ2n) is 3.69. The van der Waals surface area contributed by atoms with Crippen molar-refractivity contribution in [1.82, 2.24) is 5.32 Å². The Hall–Kier alpha value is -1.03. The first-order valence-corrected chi connectivity index (χ1v) is 5.00. The SMILES string of the molecule is CC(CC(N)=O)NCC1CCC=CO1. The Balaban J connectivity index is 2.13. The first-order chi connectivity index (χ1) is 6.68. The predicted molar refractivity (Wildman–Crippen MR) is 54.5 cm³/mol. The highest BCUT2D eigenvalue weighted by molar-refractivity contribution is 5.74. The summed E-state index contributed by atoms with van der Waals surface area (Å²) in [6, 6.07) is 0.127. The van der Waals surface area contributed by atoms with Gasteiger partial charge >= 0.3 is 0 Å². The van der Waals surface area contributed by atoms with Crippen molar-refractivity contribution in [3.63, 3.8) is 0 Å². The van der Waals surface area contributed by atoms with Crippen LogP contribution < -0.4 is 11.1 Å². The lowest BCUT2D eigenvalue weighted by molar-refractivity contribution is -0.118. The summed E-state index contributed by atoms with van der Waals surface area (Å²) in [6.45, 7) is 2.72. The van der Waals surface area contributed by atoms with Crippen LogP contribution in [0.3, 0.4) is 0 Å². The summed E-state index contributed by atoms with van der Waals surface area (Å²) in [6.07, 6.45) is 6.47. The molecule has 0 saturated heterocycles. The molecule has 0 bridgehead atoms. The summed E-state index contributed by atoms with van der Waals surface area (Å²) in [5.41, 5.74) is 5.08. The standard InChI is InChI=1S/C10H18N2O2/c1-8(6-10(11)13)12-7-9-4-2-3-5-14-9/h3,5,8-9,12H,2,4,6-7H2,1H3,(H2,11,13). The summed E-state index contributed by atoms with van der Waals surface area (Å²) in [7, 11) is 0. The van der Waals surface area contributed by atoms with Gasteiger partial charge in [-0.25, -0.2) is 0 Å². The van der Waals surface area contributed by atoms with Gasteiger partial charge in [0, 0.05) is 19.0 Å². The molecule has 0 radical (unpaired) electrons. The highest BCUT2D eigenvalue weighted by Crippen LogP contribution is 2.09. The second-order valence-corrected chi connectivity index (χ2v) is 3.69. The van der Waals surface area contributed by atoms with Gasteiger partial charge in [-0.05, 0) is 25.8 Å². The van der Waals surface area contributed by atoms with Gasteiger partial charge in [-0.15, -0.1) is 0 Å². The van der Waals surface area contributed by atoms with Crippen molar-refractivity contribution in [1.29, 1.82) is 0 Å². The number of nitrogens with one attached hydrogen (secondary N) is 1. The molecule has 0 spiro atoms. The first-order valence-electron chi connectivity index (χ1n) is 5.00. The molecule has 0 aliphatic carbocycles. The molecule has 1 aliphatic heterocycles. The van der Waals surface area contributed by atoms with E-state index in [1.807, 2.05) is 13.0 Å². The topological polar surface area (TPSA) is 64.4 Å². The van der Waals surface area contributed by atoms with Crippen LogP contribution in [-0.2, 0) is 9.53 Å². The number of allylic oxidation sites excluding steroid dienone is 1. The van der Waals surface area contributed by atoms with Crippen LogP contribution >= 0.6 is 0 Å². The Labute approximate surface area is 84.5 Å². The number of rotatable bonds is 5. The van der Waals surface area contributed by atoms with Gasteiger partial charge in [0.25, 0.3) is 0 Å².